The summed E-state index contributed by atoms with van der Waals surface area (Å²) in [5.41, 5.74) is 2.00. The Balaban J connectivity index is 1.24. The van der Waals surface area contributed by atoms with Gasteiger partial charge in [0.25, 0.3) is 5.56 Å². The van der Waals surface area contributed by atoms with Crippen LogP contribution in [0.4, 0.5) is 0 Å². The Kier molecular flexibility index (Phi) is 5.31. The molecule has 0 bridgehead atoms. The minimum Gasteiger partial charge on any atom is -0.490 e. The van der Waals surface area contributed by atoms with E-state index in [1.165, 1.54) is 15.6 Å². The van der Waals surface area contributed by atoms with Gasteiger partial charge in [-0.05, 0) is 43.5 Å². The molecular formula is C23H28N4O3. The van der Waals surface area contributed by atoms with E-state index < -0.39 is 0 Å². The third kappa shape index (κ3) is 3.75. The molecule has 0 saturated carbocycles. The van der Waals surface area contributed by atoms with E-state index in [4.69, 9.17) is 9.47 Å². The highest BCUT2D eigenvalue weighted by Gasteiger charge is 2.23. The van der Waals surface area contributed by atoms with Crippen molar-refractivity contribution in [3.8, 4) is 5.75 Å². The SMILES string of the molecule is Cn1nccc(CN2CCC(Oc3cccc4c3ccn4C3CCOC3)CC2)c1=O. The molecule has 2 aromatic heterocycles. The van der Waals surface area contributed by atoms with Gasteiger partial charge in [-0.1, -0.05) is 6.07 Å². The predicted octanol–water partition coefficient (Wildman–Crippen LogP) is 2.74. The minimum atomic E-state index is -0.0141. The molecule has 0 spiro atoms. The highest BCUT2D eigenvalue weighted by molar-refractivity contribution is 5.86. The zero-order valence-electron chi connectivity index (χ0n) is 17.4. The van der Waals surface area contributed by atoms with Crippen LogP contribution in [0.2, 0.25) is 0 Å². The molecule has 1 atom stereocenters. The smallest absolute Gasteiger partial charge is 0.270 e. The highest BCUT2D eigenvalue weighted by Crippen LogP contribution is 2.32. The van der Waals surface area contributed by atoms with Gasteiger partial charge in [-0.2, -0.15) is 5.10 Å². The van der Waals surface area contributed by atoms with Crippen LogP contribution in [0.15, 0.2) is 47.5 Å². The van der Waals surface area contributed by atoms with Crippen molar-refractivity contribution in [3.05, 3.63) is 58.6 Å². The van der Waals surface area contributed by atoms with Crippen molar-refractivity contribution in [3.63, 3.8) is 0 Å². The first-order valence-electron chi connectivity index (χ1n) is 10.8. The first-order valence-corrected chi connectivity index (χ1v) is 10.8. The molecule has 1 unspecified atom stereocenters. The van der Waals surface area contributed by atoms with Crippen molar-refractivity contribution in [2.45, 2.75) is 38.0 Å². The summed E-state index contributed by atoms with van der Waals surface area (Å²) < 4.78 is 15.7. The number of aryl methyl sites for hydroxylation is 1. The number of nitrogens with zero attached hydrogens (tertiary/aromatic N) is 4. The second kappa shape index (κ2) is 8.24. The summed E-state index contributed by atoms with van der Waals surface area (Å²) in [6, 6.07) is 10.7. The third-order valence-electron chi connectivity index (χ3n) is 6.33. The van der Waals surface area contributed by atoms with Crippen LogP contribution < -0.4 is 10.3 Å². The summed E-state index contributed by atoms with van der Waals surface area (Å²) in [7, 11) is 1.69. The first kappa shape index (κ1) is 19.3. The molecule has 158 valence electrons. The summed E-state index contributed by atoms with van der Waals surface area (Å²) in [5.74, 6) is 0.964. The number of fused-ring (bicyclic) bond motifs is 1. The van der Waals surface area contributed by atoms with Crippen LogP contribution in [0, 0.1) is 0 Å². The molecule has 4 heterocycles. The van der Waals surface area contributed by atoms with Crippen LogP contribution in [-0.2, 0) is 18.3 Å². The van der Waals surface area contributed by atoms with Crippen LogP contribution >= 0.6 is 0 Å². The van der Waals surface area contributed by atoms with E-state index in [1.807, 2.05) is 6.07 Å². The number of hydrogen-bond donors (Lipinski definition) is 0. The summed E-state index contributed by atoms with van der Waals surface area (Å²) in [5, 5.41) is 5.17. The molecule has 0 aliphatic carbocycles. The van der Waals surface area contributed by atoms with E-state index in [9.17, 15) is 4.79 Å². The first-order chi connectivity index (χ1) is 14.7. The van der Waals surface area contributed by atoms with E-state index >= 15 is 0 Å². The van der Waals surface area contributed by atoms with E-state index in [2.05, 4.69) is 45.0 Å². The number of ether oxygens (including phenoxy) is 2. The Morgan fingerprint density at radius 3 is 2.83 bits per heavy atom. The second-order valence-corrected chi connectivity index (χ2v) is 8.31. The van der Waals surface area contributed by atoms with Crippen LogP contribution in [0.5, 0.6) is 5.75 Å². The predicted molar refractivity (Wildman–Crippen MR) is 115 cm³/mol. The lowest BCUT2D eigenvalue weighted by molar-refractivity contribution is 0.0976. The van der Waals surface area contributed by atoms with E-state index in [-0.39, 0.29) is 11.7 Å². The number of rotatable bonds is 5. The van der Waals surface area contributed by atoms with Crippen LogP contribution in [0.1, 0.15) is 30.9 Å². The van der Waals surface area contributed by atoms with Gasteiger partial charge in [-0.25, -0.2) is 4.68 Å². The van der Waals surface area contributed by atoms with E-state index in [0.29, 0.717) is 12.6 Å². The van der Waals surface area contributed by atoms with Crippen LogP contribution in [0.3, 0.4) is 0 Å². The van der Waals surface area contributed by atoms with Crippen molar-refractivity contribution < 1.29 is 9.47 Å². The molecule has 0 N–H and O–H groups in total. The van der Waals surface area contributed by atoms with Gasteiger partial charge in [0.15, 0.2) is 0 Å². The maximum absolute atomic E-state index is 12.2. The quantitative estimate of drug-likeness (QED) is 0.650. The number of piperidine rings is 1. The molecule has 5 rings (SSSR count). The molecule has 0 radical (unpaired) electrons. The summed E-state index contributed by atoms with van der Waals surface area (Å²) in [4.78, 5) is 14.5. The normalized spacial score (nSPS) is 20.8. The van der Waals surface area contributed by atoms with Gasteiger partial charge in [0.05, 0.1) is 18.2 Å². The van der Waals surface area contributed by atoms with Gasteiger partial charge in [0, 0.05) is 56.6 Å². The Labute approximate surface area is 175 Å². The molecule has 1 aromatic carbocycles. The van der Waals surface area contributed by atoms with Gasteiger partial charge in [-0.15, -0.1) is 0 Å². The standard InChI is InChI=1S/C23H28N4O3/c1-25-23(28)17(5-10-24-25)15-26-11-6-19(7-12-26)30-22-4-2-3-21-20(22)8-13-27(21)18-9-14-29-16-18/h2-5,8,10,13,18-19H,6-7,9,11-12,14-16H2,1H3. The van der Waals surface area contributed by atoms with Crippen molar-refractivity contribution in [2.24, 2.45) is 7.05 Å². The minimum absolute atomic E-state index is 0.0141. The molecule has 2 aliphatic rings. The molecule has 7 nitrogen and oxygen atoms in total. The number of likely N-dealkylation sites (tertiary alicyclic amines) is 1. The number of benzene rings is 1. The maximum atomic E-state index is 12.2. The van der Waals surface area contributed by atoms with Gasteiger partial charge in [0.2, 0.25) is 0 Å². The molecule has 7 heteroatoms. The van der Waals surface area contributed by atoms with Gasteiger partial charge in [-0.3, -0.25) is 9.69 Å². The lowest BCUT2D eigenvalue weighted by Gasteiger charge is -2.32. The Bertz CT molecular complexity index is 1080. The number of aromatic nitrogens is 3. The van der Waals surface area contributed by atoms with Crippen molar-refractivity contribution in [2.75, 3.05) is 26.3 Å². The maximum Gasteiger partial charge on any atom is 0.270 e. The molecule has 30 heavy (non-hydrogen) atoms. The lowest BCUT2D eigenvalue weighted by Crippen LogP contribution is -2.39. The third-order valence-corrected chi connectivity index (χ3v) is 6.33. The fraction of sp³-hybridized carbons (Fsp3) is 0.478. The fourth-order valence-corrected chi connectivity index (χ4v) is 4.60. The van der Waals surface area contributed by atoms with Crippen LogP contribution in [-0.4, -0.2) is 51.7 Å². The largest absolute Gasteiger partial charge is 0.490 e. The molecule has 2 saturated heterocycles. The molecule has 2 fully saturated rings. The average molecular weight is 409 g/mol. The number of hydrogen-bond acceptors (Lipinski definition) is 5. The summed E-state index contributed by atoms with van der Waals surface area (Å²) in [6.07, 6.45) is 7.03. The topological polar surface area (TPSA) is 61.5 Å². The Hall–Kier alpha value is -2.64. The second-order valence-electron chi connectivity index (χ2n) is 8.31. The average Bonchev–Trinajstić information content (AvgIpc) is 3.43. The molecule has 0 amide bonds. The summed E-state index contributed by atoms with van der Waals surface area (Å²) >= 11 is 0. The summed E-state index contributed by atoms with van der Waals surface area (Å²) in [6.45, 7) is 4.14. The lowest BCUT2D eigenvalue weighted by atomic mass is 10.1. The van der Waals surface area contributed by atoms with E-state index in [0.717, 1.165) is 56.9 Å². The van der Waals surface area contributed by atoms with Crippen molar-refractivity contribution >= 4 is 10.9 Å². The van der Waals surface area contributed by atoms with Gasteiger partial charge in [0.1, 0.15) is 11.9 Å². The Morgan fingerprint density at radius 1 is 1.17 bits per heavy atom. The molecular weight excluding hydrogens is 380 g/mol. The van der Waals surface area contributed by atoms with E-state index in [1.54, 1.807) is 13.2 Å². The molecule has 3 aromatic rings. The fourth-order valence-electron chi connectivity index (χ4n) is 4.60. The monoisotopic (exact) mass is 408 g/mol. The van der Waals surface area contributed by atoms with Gasteiger partial charge >= 0.3 is 0 Å². The Morgan fingerprint density at radius 2 is 2.03 bits per heavy atom. The zero-order valence-corrected chi connectivity index (χ0v) is 17.4. The zero-order chi connectivity index (χ0) is 20.5. The van der Waals surface area contributed by atoms with Crippen molar-refractivity contribution in [1.82, 2.24) is 19.2 Å². The van der Waals surface area contributed by atoms with Gasteiger partial charge < -0.3 is 14.0 Å². The highest BCUT2D eigenvalue weighted by atomic mass is 16.5. The van der Waals surface area contributed by atoms with Crippen molar-refractivity contribution in [1.29, 1.82) is 0 Å². The van der Waals surface area contributed by atoms with Crippen LogP contribution in [0.25, 0.3) is 10.9 Å². The molecule has 2 aliphatic heterocycles.